The van der Waals surface area contributed by atoms with Crippen LogP contribution in [-0.2, 0) is 9.53 Å². The number of anilines is 1. The Labute approximate surface area is 128 Å². The van der Waals surface area contributed by atoms with E-state index in [0.717, 1.165) is 0 Å². The van der Waals surface area contributed by atoms with Crippen LogP contribution in [0.5, 0.6) is 0 Å². The highest BCUT2D eigenvalue weighted by Gasteiger charge is 2.13. The molecule has 5 nitrogen and oxygen atoms in total. The maximum atomic E-state index is 11.9. The monoisotopic (exact) mass is 320 g/mol. The predicted molar refractivity (Wildman–Crippen MR) is 80.5 cm³/mol. The van der Waals surface area contributed by atoms with Gasteiger partial charge in [-0.15, -0.1) is 0 Å². The summed E-state index contributed by atoms with van der Waals surface area (Å²) in [5, 5.41) is 12.9. The van der Waals surface area contributed by atoms with E-state index in [1.807, 2.05) is 0 Å². The Balaban J connectivity index is 2.49. The molecule has 0 fully saturated rings. The molecule has 1 amide bonds. The number of halogens is 2. The number of hydrogen-bond donors (Lipinski definition) is 2. The molecule has 1 unspecified atom stereocenters. The van der Waals surface area contributed by atoms with E-state index in [1.54, 1.807) is 30.1 Å². The Morgan fingerprint density at radius 2 is 2.20 bits per heavy atom. The zero-order valence-corrected chi connectivity index (χ0v) is 12.9. The molecule has 1 atom stereocenters. The molecule has 0 aromatic heterocycles. The van der Waals surface area contributed by atoms with Gasteiger partial charge in [-0.2, -0.15) is 0 Å². The van der Waals surface area contributed by atoms with E-state index < -0.39 is 6.10 Å². The number of carbonyl (C=O) groups excluding carboxylic acids is 1. The van der Waals surface area contributed by atoms with Gasteiger partial charge in [0.05, 0.1) is 35.0 Å². The van der Waals surface area contributed by atoms with Crippen molar-refractivity contribution in [3.05, 3.63) is 28.2 Å². The van der Waals surface area contributed by atoms with Crippen LogP contribution in [0.1, 0.15) is 0 Å². The second-order valence-electron chi connectivity index (χ2n) is 4.46. The number of rotatable bonds is 7. The summed E-state index contributed by atoms with van der Waals surface area (Å²) in [5.41, 5.74) is 0.468. The van der Waals surface area contributed by atoms with Crippen LogP contribution in [0.3, 0.4) is 0 Å². The van der Waals surface area contributed by atoms with Crippen molar-refractivity contribution in [2.24, 2.45) is 0 Å². The fraction of sp³-hybridized carbons (Fsp3) is 0.462. The van der Waals surface area contributed by atoms with Gasteiger partial charge in [-0.05, 0) is 19.2 Å². The second-order valence-corrected chi connectivity index (χ2v) is 5.24. The van der Waals surface area contributed by atoms with Gasteiger partial charge in [-0.3, -0.25) is 9.69 Å². The molecule has 0 heterocycles. The van der Waals surface area contributed by atoms with Gasteiger partial charge in [0.2, 0.25) is 5.91 Å². The number of ether oxygens (including phenoxy) is 1. The standard InChI is InChI=1S/C13H18Cl2N2O3/c1-17(6-9(18)8-20-2)7-12(19)16-11-5-3-4-10(14)13(11)15/h3-5,9,18H,6-8H2,1-2H3,(H,16,19). The van der Waals surface area contributed by atoms with Gasteiger partial charge in [-0.1, -0.05) is 29.3 Å². The number of hydrogen-bond acceptors (Lipinski definition) is 4. The van der Waals surface area contributed by atoms with Gasteiger partial charge >= 0.3 is 0 Å². The number of aliphatic hydroxyl groups excluding tert-OH is 1. The Hall–Kier alpha value is -0.850. The van der Waals surface area contributed by atoms with E-state index in [2.05, 4.69) is 5.32 Å². The van der Waals surface area contributed by atoms with E-state index in [0.29, 0.717) is 22.3 Å². The van der Waals surface area contributed by atoms with Crippen molar-refractivity contribution in [1.29, 1.82) is 0 Å². The third-order valence-corrected chi connectivity index (χ3v) is 3.34. The normalized spacial score (nSPS) is 12.5. The Kier molecular flexibility index (Phi) is 7.26. The SMILES string of the molecule is COCC(O)CN(C)CC(=O)Nc1cccc(Cl)c1Cl. The van der Waals surface area contributed by atoms with Crippen molar-refractivity contribution in [2.45, 2.75) is 6.10 Å². The summed E-state index contributed by atoms with van der Waals surface area (Å²) < 4.78 is 4.82. The lowest BCUT2D eigenvalue weighted by molar-refractivity contribution is -0.117. The van der Waals surface area contributed by atoms with Gasteiger partial charge in [0.15, 0.2) is 0 Å². The van der Waals surface area contributed by atoms with E-state index in [-0.39, 0.29) is 19.1 Å². The number of nitrogens with one attached hydrogen (secondary N) is 1. The van der Waals surface area contributed by atoms with Crippen LogP contribution in [-0.4, -0.2) is 55.9 Å². The van der Waals surface area contributed by atoms with Crippen LogP contribution in [0, 0.1) is 0 Å². The van der Waals surface area contributed by atoms with Crippen molar-refractivity contribution in [3.63, 3.8) is 0 Å². The molecule has 0 aliphatic rings. The first-order valence-electron chi connectivity index (χ1n) is 6.03. The molecule has 0 saturated heterocycles. The fourth-order valence-electron chi connectivity index (χ4n) is 1.70. The van der Waals surface area contributed by atoms with Crippen molar-refractivity contribution in [3.8, 4) is 0 Å². The molecule has 2 N–H and O–H groups in total. The molecule has 20 heavy (non-hydrogen) atoms. The molecular weight excluding hydrogens is 303 g/mol. The first kappa shape index (κ1) is 17.2. The minimum Gasteiger partial charge on any atom is -0.389 e. The Morgan fingerprint density at radius 1 is 1.50 bits per heavy atom. The number of aliphatic hydroxyl groups is 1. The number of benzene rings is 1. The first-order valence-corrected chi connectivity index (χ1v) is 6.79. The van der Waals surface area contributed by atoms with Crippen LogP contribution in [0.4, 0.5) is 5.69 Å². The molecule has 7 heteroatoms. The third-order valence-electron chi connectivity index (χ3n) is 2.52. The molecule has 0 spiro atoms. The summed E-state index contributed by atoms with van der Waals surface area (Å²) in [4.78, 5) is 13.6. The van der Waals surface area contributed by atoms with Crippen molar-refractivity contribution in [2.75, 3.05) is 39.2 Å². The van der Waals surface area contributed by atoms with Crippen LogP contribution in [0.25, 0.3) is 0 Å². The smallest absolute Gasteiger partial charge is 0.238 e. The highest BCUT2D eigenvalue weighted by atomic mass is 35.5. The average molecular weight is 321 g/mol. The lowest BCUT2D eigenvalue weighted by Gasteiger charge is -2.19. The quantitative estimate of drug-likeness (QED) is 0.805. The van der Waals surface area contributed by atoms with E-state index >= 15 is 0 Å². The molecule has 0 saturated carbocycles. The summed E-state index contributed by atoms with van der Waals surface area (Å²) in [7, 11) is 3.25. The first-order chi connectivity index (χ1) is 9.43. The number of likely N-dealkylation sites (N-methyl/N-ethyl adjacent to an activating group) is 1. The molecule has 0 bridgehead atoms. The highest BCUT2D eigenvalue weighted by molar-refractivity contribution is 6.43. The number of carbonyl (C=O) groups is 1. The topological polar surface area (TPSA) is 61.8 Å². The molecule has 1 aromatic rings. The minimum absolute atomic E-state index is 0.129. The summed E-state index contributed by atoms with van der Waals surface area (Å²) in [6.45, 7) is 0.695. The lowest BCUT2D eigenvalue weighted by Crippen LogP contribution is -2.37. The molecule has 1 aromatic carbocycles. The van der Waals surface area contributed by atoms with Gasteiger partial charge in [0.25, 0.3) is 0 Å². The average Bonchev–Trinajstić information content (AvgIpc) is 2.34. The van der Waals surface area contributed by atoms with Crippen LogP contribution >= 0.6 is 23.2 Å². The molecule has 0 aliphatic carbocycles. The van der Waals surface area contributed by atoms with Crippen LogP contribution in [0.2, 0.25) is 10.0 Å². The molecular formula is C13H18Cl2N2O3. The summed E-state index contributed by atoms with van der Waals surface area (Å²) in [5.74, 6) is -0.235. The largest absolute Gasteiger partial charge is 0.389 e. The maximum absolute atomic E-state index is 11.9. The van der Waals surface area contributed by atoms with Gasteiger partial charge < -0.3 is 15.2 Å². The van der Waals surface area contributed by atoms with E-state index in [1.165, 1.54) is 7.11 Å². The van der Waals surface area contributed by atoms with Crippen molar-refractivity contribution < 1.29 is 14.6 Å². The molecule has 112 valence electrons. The lowest BCUT2D eigenvalue weighted by atomic mass is 10.3. The number of nitrogens with zero attached hydrogens (tertiary/aromatic N) is 1. The summed E-state index contributed by atoms with van der Waals surface area (Å²) >= 11 is 11.8. The van der Waals surface area contributed by atoms with Gasteiger partial charge in [0, 0.05) is 13.7 Å². The predicted octanol–water partition coefficient (Wildman–Crippen LogP) is 1.87. The van der Waals surface area contributed by atoms with Gasteiger partial charge in [-0.25, -0.2) is 0 Å². The zero-order chi connectivity index (χ0) is 15.1. The minimum atomic E-state index is -0.632. The van der Waals surface area contributed by atoms with E-state index in [4.69, 9.17) is 27.9 Å². The van der Waals surface area contributed by atoms with Crippen molar-refractivity contribution >= 4 is 34.8 Å². The molecule has 1 rings (SSSR count). The zero-order valence-electron chi connectivity index (χ0n) is 11.4. The Morgan fingerprint density at radius 3 is 2.85 bits per heavy atom. The van der Waals surface area contributed by atoms with Crippen LogP contribution < -0.4 is 5.32 Å². The maximum Gasteiger partial charge on any atom is 0.238 e. The summed E-state index contributed by atoms with van der Waals surface area (Å²) in [6, 6.07) is 5.02. The van der Waals surface area contributed by atoms with Gasteiger partial charge in [0.1, 0.15) is 0 Å². The third kappa shape index (κ3) is 5.64. The van der Waals surface area contributed by atoms with Crippen LogP contribution in [0.15, 0.2) is 18.2 Å². The molecule has 0 radical (unpaired) electrons. The molecule has 0 aliphatic heterocycles. The highest BCUT2D eigenvalue weighted by Crippen LogP contribution is 2.29. The van der Waals surface area contributed by atoms with E-state index in [9.17, 15) is 9.90 Å². The number of methoxy groups -OCH3 is 1. The fourth-order valence-corrected chi connectivity index (χ4v) is 2.05. The summed E-state index contributed by atoms with van der Waals surface area (Å²) in [6.07, 6.45) is -0.632. The second kappa shape index (κ2) is 8.44. The Bertz CT molecular complexity index is 457. The van der Waals surface area contributed by atoms with Crippen molar-refractivity contribution in [1.82, 2.24) is 4.90 Å². The number of amides is 1.